The normalized spacial score (nSPS) is 15.4. The highest BCUT2D eigenvalue weighted by Gasteiger charge is 2.35. The van der Waals surface area contributed by atoms with Gasteiger partial charge in [0.2, 0.25) is 11.8 Å². The molecule has 0 saturated heterocycles. The molecule has 2 atom stereocenters. The van der Waals surface area contributed by atoms with Crippen molar-refractivity contribution in [3.63, 3.8) is 0 Å². The molecule has 3 fully saturated rings. The number of carboxylic acids is 5. The van der Waals surface area contributed by atoms with Gasteiger partial charge >= 0.3 is 35.8 Å². The van der Waals surface area contributed by atoms with Gasteiger partial charge in [0.25, 0.3) is 0 Å². The number of hydrogen-bond acceptors (Lipinski definition) is 14. The molecule has 0 heterocycles. The van der Waals surface area contributed by atoms with Crippen molar-refractivity contribution in [2.24, 2.45) is 76.9 Å². The van der Waals surface area contributed by atoms with Gasteiger partial charge in [0.1, 0.15) is 23.0 Å². The first-order chi connectivity index (χ1) is 61.2. The number of unbranched alkanes of at least 4 members (excludes halogenated alkanes) is 10. The molecule has 0 radical (unpaired) electrons. The lowest BCUT2D eigenvalue weighted by Gasteiger charge is -2.27. The van der Waals surface area contributed by atoms with Crippen LogP contribution >= 0.6 is 0 Å². The van der Waals surface area contributed by atoms with E-state index in [1.54, 1.807) is 31.2 Å². The molecule has 3 saturated carbocycles. The first kappa shape index (κ1) is 127. The van der Waals surface area contributed by atoms with Gasteiger partial charge in [-0.15, -0.1) is 0 Å². The lowest BCUT2D eigenvalue weighted by Crippen LogP contribution is -2.32. The van der Waals surface area contributed by atoms with Gasteiger partial charge in [-0.05, 0) is 214 Å². The second-order valence-corrected chi connectivity index (χ2v) is 41.1. The Labute approximate surface area is 788 Å². The van der Waals surface area contributed by atoms with E-state index >= 15 is 0 Å². The molecule has 2 aromatic rings. The van der Waals surface area contributed by atoms with Crippen LogP contribution in [0.3, 0.4) is 0 Å². The van der Waals surface area contributed by atoms with Crippen molar-refractivity contribution >= 4 is 76.5 Å². The van der Waals surface area contributed by atoms with Crippen LogP contribution in [0.1, 0.15) is 488 Å². The van der Waals surface area contributed by atoms with E-state index < -0.39 is 35.8 Å². The Morgan fingerprint density at radius 3 is 1.10 bits per heavy atom. The molecule has 0 aromatic heterocycles. The number of hydrogen-bond donors (Lipinski definition) is 7. The molecule has 0 spiro atoms. The van der Waals surface area contributed by atoms with Crippen LogP contribution in [-0.4, -0.2) is 121 Å². The Morgan fingerprint density at radius 2 is 0.692 bits per heavy atom. The molecule has 21 nitrogen and oxygen atoms in total. The topological polar surface area (TPSA) is 356 Å². The largest absolute Gasteiger partial charge is 0.481 e. The predicted molar refractivity (Wildman–Crippen MR) is 529 cm³/mol. The summed E-state index contributed by atoms with van der Waals surface area (Å²) < 4.78 is 5.18. The molecular formula is C109H188N2O19. The summed E-state index contributed by atoms with van der Waals surface area (Å²) in [4.78, 5) is 146. The number of ether oxygens (including phenoxy) is 1. The fourth-order valence-electron chi connectivity index (χ4n) is 15.5. The number of nitrogens with one attached hydrogen (secondary N) is 2. The van der Waals surface area contributed by atoms with Crippen LogP contribution < -0.4 is 10.6 Å². The number of carboxylic acid groups (broad SMARTS) is 5. The van der Waals surface area contributed by atoms with Crippen molar-refractivity contribution in [2.45, 2.75) is 452 Å². The van der Waals surface area contributed by atoms with Gasteiger partial charge in [-0.2, -0.15) is 0 Å². The zero-order valence-electron chi connectivity index (χ0n) is 85.4. The van der Waals surface area contributed by atoms with E-state index in [2.05, 4.69) is 121 Å². The van der Waals surface area contributed by atoms with Crippen molar-refractivity contribution < 1.29 is 92.6 Å². The fourth-order valence-corrected chi connectivity index (χ4v) is 15.5. The number of ketones is 5. The van der Waals surface area contributed by atoms with Gasteiger partial charge in [-0.1, -0.05) is 270 Å². The van der Waals surface area contributed by atoms with E-state index in [4.69, 9.17) is 25.2 Å². The minimum absolute atomic E-state index is 0.0349. The van der Waals surface area contributed by atoms with Crippen LogP contribution in [0.4, 0.5) is 0 Å². The number of carbonyl (C=O) groups is 13. The van der Waals surface area contributed by atoms with E-state index in [0.29, 0.717) is 111 Å². The van der Waals surface area contributed by atoms with E-state index in [1.807, 2.05) is 20.8 Å². The molecule has 2 amide bonds. The zero-order chi connectivity index (χ0) is 99.0. The molecule has 748 valence electrons. The van der Waals surface area contributed by atoms with Crippen molar-refractivity contribution in [1.29, 1.82) is 0 Å². The van der Waals surface area contributed by atoms with Crippen LogP contribution in [0.5, 0.6) is 0 Å². The Balaban J connectivity index is -0.00000143. The maximum atomic E-state index is 12.1. The summed E-state index contributed by atoms with van der Waals surface area (Å²) in [5.41, 5.74) is 1.16. The third kappa shape index (κ3) is 78.1. The van der Waals surface area contributed by atoms with Gasteiger partial charge in [0.05, 0.1) is 23.0 Å². The number of esters is 1. The molecule has 0 bridgehead atoms. The first-order valence-corrected chi connectivity index (χ1v) is 50.9. The molecule has 3 aliphatic rings. The van der Waals surface area contributed by atoms with Crippen LogP contribution in [0.25, 0.3) is 0 Å². The smallest absolute Gasteiger partial charge is 0.335 e. The zero-order valence-corrected chi connectivity index (χ0v) is 85.4. The molecule has 21 heteroatoms. The average molecular weight is 1830 g/mol. The second kappa shape index (κ2) is 79.0. The van der Waals surface area contributed by atoms with Crippen LogP contribution in [0.2, 0.25) is 0 Å². The number of aromatic carboxylic acids is 2. The molecule has 2 unspecified atom stereocenters. The summed E-state index contributed by atoms with van der Waals surface area (Å²) >= 11 is 0. The number of rotatable bonds is 55. The van der Waals surface area contributed by atoms with Crippen molar-refractivity contribution in [3.05, 3.63) is 70.8 Å². The van der Waals surface area contributed by atoms with Gasteiger partial charge in [-0.3, -0.25) is 52.7 Å². The Morgan fingerprint density at radius 1 is 0.331 bits per heavy atom. The quantitative estimate of drug-likeness (QED) is 0.0184. The number of carbonyl (C=O) groups excluding carboxylic acids is 8. The number of Topliss-reactive ketones (excluding diaryl/α,β-unsaturated/α-hetero) is 5. The molecule has 5 rings (SSSR count). The monoisotopic (exact) mass is 1830 g/mol. The van der Waals surface area contributed by atoms with Gasteiger partial charge < -0.3 is 40.9 Å². The number of amides is 2. The van der Waals surface area contributed by atoms with E-state index in [9.17, 15) is 67.4 Å². The van der Waals surface area contributed by atoms with E-state index in [-0.39, 0.29) is 75.9 Å². The first-order valence-electron chi connectivity index (χ1n) is 50.9. The van der Waals surface area contributed by atoms with Crippen molar-refractivity contribution in [3.8, 4) is 0 Å². The highest BCUT2D eigenvalue weighted by molar-refractivity contribution is 5.99. The lowest BCUT2D eigenvalue weighted by molar-refractivity contribution is -0.155. The lowest BCUT2D eigenvalue weighted by atomic mass is 9.76. The summed E-state index contributed by atoms with van der Waals surface area (Å²) in [5.74, 6) is 2.39. The van der Waals surface area contributed by atoms with E-state index in [1.165, 1.54) is 114 Å². The molecule has 2 aromatic carbocycles. The average Bonchev–Trinajstić information content (AvgIpc) is 0.864. The third-order valence-electron chi connectivity index (χ3n) is 23.4. The molecule has 7 N–H and O–H groups in total. The van der Waals surface area contributed by atoms with E-state index in [0.717, 1.165) is 190 Å². The summed E-state index contributed by atoms with van der Waals surface area (Å²) in [6, 6.07) is 12.4. The molecule has 3 aliphatic carbocycles. The van der Waals surface area contributed by atoms with Crippen molar-refractivity contribution in [2.75, 3.05) is 13.1 Å². The van der Waals surface area contributed by atoms with Gasteiger partial charge in [0.15, 0.2) is 11.6 Å². The minimum atomic E-state index is -0.994. The predicted octanol–water partition coefficient (Wildman–Crippen LogP) is 27.7. The van der Waals surface area contributed by atoms with Gasteiger partial charge in [0, 0.05) is 100 Å². The standard InChI is InChI=1S/C16H28O3.C16H22O3.C16H28O3.C16H22O3.C13H25NO.C13H24O3.C11H22O2.C8H17NO/c1-12(2)8-4-3-5-11-15(17)13-9-6-7-10-14(13)16(18)19;1-12(2)7-4-3-5-10-15(17)13-8-6-9-14(11-13)16(18)19;2*1-12(2)6-4-3-5-7-15(17)13-8-10-14(11-9-13)16(18)19;1-11(2)7-6-10-14-13(15)12-8-4-3-5-9-12;1-11(2)7-4-3-5-8-12(14)9-6-10-13(15)16;1-9(2)7-6-8-10(12)13-11(3,4)5;1-7(2)5-4-6-9-8(3)10/h12-14H,3-11H2,1-2H3,(H,18,19);6,8-9,11-12H,3-5,7,10H2,1-2H3,(H,18,19);12-14H,3-11H2,1-2H3,(H,18,19);8-12H,3-7H2,1-2H3,(H,18,19);11-12H,3-10H2,1-2H3,(H,14,15);11H,3-10H2,1-2H3,(H,15,16);9H,6-8H2,1-5H3;7H,4-6H2,1-3H3,(H,9,10). The molecule has 0 aliphatic heterocycles. The van der Waals surface area contributed by atoms with Crippen LogP contribution in [0.15, 0.2) is 48.5 Å². The van der Waals surface area contributed by atoms with Crippen LogP contribution in [0, 0.1) is 76.9 Å². The number of aliphatic carboxylic acids is 3. The SMILES string of the molecule is CC(=O)NCCCC(C)C.CC(C)CCCC(=O)OC(C)(C)C.CC(C)CCCCCC(=O)C1CCC(C(=O)O)CC1.CC(C)CCCCCC(=O)C1CCCCC1C(=O)O.CC(C)CCCCCC(=O)CCCC(=O)O.CC(C)CCCCCC(=O)c1ccc(C(=O)O)cc1.CC(C)CCCCCC(=O)c1cccc(C(=O)O)c1.CC(C)CCCNC(=O)C1CCCCC1. The highest BCUT2D eigenvalue weighted by Crippen LogP contribution is 2.34. The molecule has 130 heavy (non-hydrogen) atoms. The Hall–Kier alpha value is -7.45. The summed E-state index contributed by atoms with van der Waals surface area (Å²) in [6.45, 7) is 44.2. The van der Waals surface area contributed by atoms with Crippen molar-refractivity contribution in [1.82, 2.24) is 10.6 Å². The van der Waals surface area contributed by atoms with Crippen LogP contribution in [-0.2, 0) is 47.9 Å². The highest BCUT2D eigenvalue weighted by atomic mass is 16.6. The van der Waals surface area contributed by atoms with Gasteiger partial charge in [-0.25, -0.2) is 9.59 Å². The Bertz CT molecular complexity index is 3370. The summed E-state index contributed by atoms with van der Waals surface area (Å²) in [5, 5.41) is 50.0. The second-order valence-electron chi connectivity index (χ2n) is 41.1. The number of benzene rings is 2. The minimum Gasteiger partial charge on any atom is -0.481 e. The maximum Gasteiger partial charge on any atom is 0.335 e. The Kier molecular flexibility index (Phi) is 77.0. The molecular weight excluding hydrogens is 1640 g/mol. The maximum absolute atomic E-state index is 12.1. The third-order valence-corrected chi connectivity index (χ3v) is 23.4. The summed E-state index contributed by atoms with van der Waals surface area (Å²) in [6.07, 6.45) is 45.7. The fraction of sp³-hybridized carbons (Fsp3) is 0.771. The summed E-state index contributed by atoms with van der Waals surface area (Å²) in [7, 11) is 0.